The third kappa shape index (κ3) is 3.00. The molecular formula is C15H16N2O4. The van der Waals surface area contributed by atoms with Crippen molar-refractivity contribution < 1.29 is 19.0 Å². The van der Waals surface area contributed by atoms with Gasteiger partial charge >= 0.3 is 0 Å². The van der Waals surface area contributed by atoms with Crippen molar-refractivity contribution in [1.82, 2.24) is 0 Å². The molecule has 6 nitrogen and oxygen atoms in total. The first-order chi connectivity index (χ1) is 10.1. The first kappa shape index (κ1) is 14.5. The van der Waals surface area contributed by atoms with Gasteiger partial charge < -0.3 is 25.7 Å². The van der Waals surface area contributed by atoms with E-state index in [4.69, 9.17) is 25.7 Å². The monoisotopic (exact) mass is 288 g/mol. The summed E-state index contributed by atoms with van der Waals surface area (Å²) in [5.74, 6) is 1.21. The smallest absolute Gasteiger partial charge is 0.248 e. The number of para-hydroxylation sites is 1. The summed E-state index contributed by atoms with van der Waals surface area (Å²) >= 11 is 0. The summed E-state index contributed by atoms with van der Waals surface area (Å²) in [5.41, 5.74) is 11.9. The highest BCUT2D eigenvalue weighted by molar-refractivity contribution is 5.93. The zero-order valence-electron chi connectivity index (χ0n) is 11.8. The van der Waals surface area contributed by atoms with Crippen molar-refractivity contribution in [2.75, 3.05) is 20.0 Å². The molecule has 2 aromatic carbocycles. The summed E-state index contributed by atoms with van der Waals surface area (Å²) in [5, 5.41) is 0. The number of benzene rings is 2. The van der Waals surface area contributed by atoms with Crippen LogP contribution in [0.25, 0.3) is 0 Å². The molecule has 0 aromatic heterocycles. The van der Waals surface area contributed by atoms with Crippen LogP contribution in [-0.4, -0.2) is 20.1 Å². The number of nitrogens with two attached hydrogens (primary N) is 2. The van der Waals surface area contributed by atoms with E-state index in [1.807, 2.05) is 0 Å². The minimum Gasteiger partial charge on any atom is -0.494 e. The number of carbonyl (C=O) groups excluding carboxylic acids is 1. The summed E-state index contributed by atoms with van der Waals surface area (Å²) in [4.78, 5) is 11.2. The van der Waals surface area contributed by atoms with Crippen LogP contribution in [0.1, 0.15) is 10.4 Å². The molecule has 0 unspecified atom stereocenters. The Bertz CT molecular complexity index is 671. The van der Waals surface area contributed by atoms with Crippen LogP contribution < -0.4 is 25.7 Å². The molecule has 0 aliphatic carbocycles. The number of rotatable bonds is 5. The lowest BCUT2D eigenvalue weighted by molar-refractivity contribution is 0.1000. The molecule has 0 heterocycles. The van der Waals surface area contributed by atoms with Gasteiger partial charge in [0.25, 0.3) is 0 Å². The van der Waals surface area contributed by atoms with E-state index in [-0.39, 0.29) is 0 Å². The molecular weight excluding hydrogens is 272 g/mol. The van der Waals surface area contributed by atoms with E-state index in [9.17, 15) is 4.79 Å². The molecule has 6 heteroatoms. The van der Waals surface area contributed by atoms with Gasteiger partial charge in [0.15, 0.2) is 17.2 Å². The maximum Gasteiger partial charge on any atom is 0.248 e. The molecule has 0 spiro atoms. The molecule has 2 aromatic rings. The quantitative estimate of drug-likeness (QED) is 0.822. The molecule has 0 atom stereocenters. The number of nitrogen functional groups attached to an aromatic ring is 1. The van der Waals surface area contributed by atoms with Crippen molar-refractivity contribution in [2.24, 2.45) is 5.73 Å². The minimum absolute atomic E-state index is 0.331. The molecule has 1 amide bonds. The highest BCUT2D eigenvalue weighted by atomic mass is 16.5. The fourth-order valence-corrected chi connectivity index (χ4v) is 1.81. The van der Waals surface area contributed by atoms with Crippen LogP contribution in [0.4, 0.5) is 5.69 Å². The number of hydrogen-bond donors (Lipinski definition) is 2. The summed E-state index contributed by atoms with van der Waals surface area (Å²) in [6.45, 7) is 0. The van der Waals surface area contributed by atoms with Gasteiger partial charge in [-0.3, -0.25) is 4.79 Å². The Kier molecular flexibility index (Phi) is 4.18. The predicted octanol–water partition coefficient (Wildman–Crippen LogP) is 2.18. The Labute approximate surface area is 122 Å². The van der Waals surface area contributed by atoms with Gasteiger partial charge in [0.05, 0.1) is 14.2 Å². The summed E-state index contributed by atoms with van der Waals surface area (Å²) < 4.78 is 16.1. The van der Waals surface area contributed by atoms with Gasteiger partial charge in [0.1, 0.15) is 11.4 Å². The molecule has 2 rings (SSSR count). The average Bonchev–Trinajstić information content (AvgIpc) is 2.49. The highest BCUT2D eigenvalue weighted by Gasteiger charge is 2.12. The molecule has 0 aliphatic rings. The van der Waals surface area contributed by atoms with Gasteiger partial charge in [-0.25, -0.2) is 0 Å². The average molecular weight is 288 g/mol. The molecule has 0 saturated carbocycles. The fraction of sp³-hybridized carbons (Fsp3) is 0.133. The van der Waals surface area contributed by atoms with E-state index in [0.717, 1.165) is 0 Å². The Hall–Kier alpha value is -2.89. The third-order valence-corrected chi connectivity index (χ3v) is 2.91. The van der Waals surface area contributed by atoms with Gasteiger partial charge in [-0.15, -0.1) is 0 Å². The zero-order chi connectivity index (χ0) is 15.4. The number of primary amides is 1. The number of hydrogen-bond acceptors (Lipinski definition) is 5. The van der Waals surface area contributed by atoms with Crippen LogP contribution in [-0.2, 0) is 0 Å². The molecule has 4 N–H and O–H groups in total. The predicted molar refractivity (Wildman–Crippen MR) is 79.0 cm³/mol. The van der Waals surface area contributed by atoms with Crippen molar-refractivity contribution in [3.63, 3.8) is 0 Å². The zero-order valence-corrected chi connectivity index (χ0v) is 11.8. The van der Waals surface area contributed by atoms with E-state index in [1.165, 1.54) is 20.3 Å². The van der Waals surface area contributed by atoms with E-state index >= 15 is 0 Å². The Morgan fingerprint density at radius 2 is 1.62 bits per heavy atom. The second kappa shape index (κ2) is 6.04. The first-order valence-electron chi connectivity index (χ1n) is 6.15. The largest absolute Gasteiger partial charge is 0.494 e. The van der Waals surface area contributed by atoms with Crippen molar-refractivity contribution >= 4 is 11.6 Å². The maximum absolute atomic E-state index is 11.2. The second-order valence-corrected chi connectivity index (χ2v) is 4.20. The van der Waals surface area contributed by atoms with E-state index in [1.54, 1.807) is 30.3 Å². The number of ether oxygens (including phenoxy) is 3. The second-order valence-electron chi connectivity index (χ2n) is 4.20. The molecule has 0 bridgehead atoms. The van der Waals surface area contributed by atoms with Gasteiger partial charge in [0.2, 0.25) is 5.91 Å². The standard InChI is InChI=1S/C15H16N2O4/c1-19-11-4-3-5-12(14(11)16)21-10-7-6-9(15(17)18)8-13(10)20-2/h3-8H,16H2,1-2H3,(H2,17,18). The Morgan fingerprint density at radius 3 is 2.24 bits per heavy atom. The van der Waals surface area contributed by atoms with Gasteiger partial charge in [-0.1, -0.05) is 6.07 Å². The Balaban J connectivity index is 2.38. The lowest BCUT2D eigenvalue weighted by Gasteiger charge is -2.14. The summed E-state index contributed by atoms with van der Waals surface area (Å²) in [6, 6.07) is 9.85. The molecule has 0 fully saturated rings. The van der Waals surface area contributed by atoms with Crippen molar-refractivity contribution in [3.8, 4) is 23.0 Å². The summed E-state index contributed by atoms with van der Waals surface area (Å²) in [7, 11) is 3.00. The van der Waals surface area contributed by atoms with E-state index in [2.05, 4.69) is 0 Å². The lowest BCUT2D eigenvalue weighted by atomic mass is 10.2. The topological polar surface area (TPSA) is 96.8 Å². The van der Waals surface area contributed by atoms with Crippen molar-refractivity contribution in [3.05, 3.63) is 42.0 Å². The highest BCUT2D eigenvalue weighted by Crippen LogP contribution is 2.38. The molecule has 110 valence electrons. The number of methoxy groups -OCH3 is 2. The third-order valence-electron chi connectivity index (χ3n) is 2.91. The number of anilines is 1. The Morgan fingerprint density at radius 1 is 0.952 bits per heavy atom. The molecule has 0 aliphatic heterocycles. The van der Waals surface area contributed by atoms with E-state index in [0.29, 0.717) is 34.2 Å². The van der Waals surface area contributed by atoms with Crippen LogP contribution in [0, 0.1) is 0 Å². The number of carbonyl (C=O) groups is 1. The maximum atomic E-state index is 11.2. The van der Waals surface area contributed by atoms with Crippen LogP contribution in [0.3, 0.4) is 0 Å². The molecule has 0 radical (unpaired) electrons. The normalized spacial score (nSPS) is 10.0. The molecule has 0 saturated heterocycles. The first-order valence-corrected chi connectivity index (χ1v) is 6.15. The van der Waals surface area contributed by atoms with E-state index < -0.39 is 5.91 Å². The van der Waals surface area contributed by atoms with Gasteiger partial charge in [0, 0.05) is 5.56 Å². The fourth-order valence-electron chi connectivity index (χ4n) is 1.81. The van der Waals surface area contributed by atoms with Crippen molar-refractivity contribution in [1.29, 1.82) is 0 Å². The van der Waals surface area contributed by atoms with Crippen LogP contribution in [0.2, 0.25) is 0 Å². The SMILES string of the molecule is COc1cc(C(N)=O)ccc1Oc1cccc(OC)c1N. The van der Waals surface area contributed by atoms with Crippen LogP contribution in [0.15, 0.2) is 36.4 Å². The van der Waals surface area contributed by atoms with Crippen LogP contribution >= 0.6 is 0 Å². The molecule has 21 heavy (non-hydrogen) atoms. The minimum atomic E-state index is -0.541. The van der Waals surface area contributed by atoms with Gasteiger partial charge in [-0.2, -0.15) is 0 Å². The van der Waals surface area contributed by atoms with Crippen LogP contribution in [0.5, 0.6) is 23.0 Å². The summed E-state index contributed by atoms with van der Waals surface area (Å²) in [6.07, 6.45) is 0. The van der Waals surface area contributed by atoms with Crippen molar-refractivity contribution in [2.45, 2.75) is 0 Å². The lowest BCUT2D eigenvalue weighted by Crippen LogP contribution is -2.10. The number of amides is 1. The van der Waals surface area contributed by atoms with Gasteiger partial charge in [-0.05, 0) is 30.3 Å².